The molecule has 1 aliphatic heterocycles. The van der Waals surface area contributed by atoms with Crippen LogP contribution in [0.5, 0.6) is 5.75 Å². The number of ether oxygens (including phenoxy) is 1. The van der Waals surface area contributed by atoms with Gasteiger partial charge >= 0.3 is 5.63 Å². The zero-order valence-corrected chi connectivity index (χ0v) is 18.0. The summed E-state index contributed by atoms with van der Waals surface area (Å²) in [6, 6.07) is 16.5. The molecule has 0 spiro atoms. The molecular weight excluding hydrogens is 406 g/mol. The zero-order chi connectivity index (χ0) is 22.1. The maximum atomic E-state index is 12.8. The summed E-state index contributed by atoms with van der Waals surface area (Å²) >= 11 is 0. The van der Waals surface area contributed by atoms with Gasteiger partial charge in [-0.3, -0.25) is 4.79 Å². The van der Waals surface area contributed by atoms with Gasteiger partial charge in [0.05, 0.1) is 5.60 Å². The highest BCUT2D eigenvalue weighted by molar-refractivity contribution is 5.93. The number of fused-ring (bicyclic) bond motifs is 2. The molecule has 2 aromatic carbocycles. The van der Waals surface area contributed by atoms with E-state index in [2.05, 4.69) is 0 Å². The van der Waals surface area contributed by atoms with Crippen molar-refractivity contribution < 1.29 is 19.1 Å². The first-order valence-electron chi connectivity index (χ1n) is 11.3. The van der Waals surface area contributed by atoms with Gasteiger partial charge in [0.25, 0.3) is 5.91 Å². The molecule has 5 rings (SSSR count). The van der Waals surface area contributed by atoms with Gasteiger partial charge in [0, 0.05) is 36.5 Å². The third-order valence-electron chi connectivity index (χ3n) is 6.94. The van der Waals surface area contributed by atoms with Crippen LogP contribution in [0.4, 0.5) is 0 Å². The summed E-state index contributed by atoms with van der Waals surface area (Å²) in [6.07, 6.45) is 4.61. The first-order valence-corrected chi connectivity index (χ1v) is 11.3. The van der Waals surface area contributed by atoms with Gasteiger partial charge in [-0.25, -0.2) is 4.79 Å². The number of likely N-dealkylation sites (tertiary alicyclic amines) is 1. The predicted molar refractivity (Wildman–Crippen MR) is 122 cm³/mol. The summed E-state index contributed by atoms with van der Waals surface area (Å²) in [6.45, 7) is 1.06. The maximum Gasteiger partial charge on any atom is 0.336 e. The largest absolute Gasteiger partial charge is 0.484 e. The number of carbonyl (C=O) groups excluding carboxylic acids is 1. The number of nitrogens with zero attached hydrogens (tertiary/aromatic N) is 1. The lowest BCUT2D eigenvalue weighted by atomic mass is 9.71. The van der Waals surface area contributed by atoms with Crippen LogP contribution in [0.2, 0.25) is 0 Å². The number of benzene rings is 2. The van der Waals surface area contributed by atoms with E-state index in [1.807, 2.05) is 36.4 Å². The number of carbonyl (C=O) groups is 1. The number of amides is 1. The number of hydrogen-bond donors (Lipinski definition) is 1. The van der Waals surface area contributed by atoms with Gasteiger partial charge in [-0.1, -0.05) is 43.2 Å². The monoisotopic (exact) mass is 433 g/mol. The van der Waals surface area contributed by atoms with E-state index in [4.69, 9.17) is 9.15 Å². The van der Waals surface area contributed by atoms with Crippen LogP contribution in [0.15, 0.2) is 63.8 Å². The van der Waals surface area contributed by atoms with Crippen LogP contribution >= 0.6 is 0 Å². The van der Waals surface area contributed by atoms with Crippen molar-refractivity contribution in [2.75, 3.05) is 19.7 Å². The minimum absolute atomic E-state index is 0.0841. The summed E-state index contributed by atoms with van der Waals surface area (Å²) in [5, 5.41) is 11.6. The topological polar surface area (TPSA) is 80.0 Å². The van der Waals surface area contributed by atoms with Crippen molar-refractivity contribution in [2.24, 2.45) is 5.92 Å². The molecule has 1 N–H and O–H groups in total. The summed E-state index contributed by atoms with van der Waals surface area (Å²) in [5.74, 6) is 0.544. The van der Waals surface area contributed by atoms with Crippen molar-refractivity contribution in [3.8, 4) is 16.9 Å². The highest BCUT2D eigenvalue weighted by Gasteiger charge is 2.43. The molecule has 0 unspecified atom stereocenters. The molecule has 0 radical (unpaired) electrons. The lowest BCUT2D eigenvalue weighted by Crippen LogP contribution is -2.55. The quantitative estimate of drug-likeness (QED) is 0.630. The van der Waals surface area contributed by atoms with E-state index in [1.54, 1.807) is 17.0 Å². The standard InChI is InChI=1S/C26H27NO5/c28-24(27-13-12-26(30)11-5-4-8-19(26)16-27)17-31-20-9-10-21-22(18-6-2-1-3-7-18)15-25(29)32-23(21)14-20/h1-3,6-7,9-10,14-15,19,30H,4-5,8,11-13,16-17H2/t19-,26+/m1/s1. The van der Waals surface area contributed by atoms with Crippen molar-refractivity contribution in [1.29, 1.82) is 0 Å². The summed E-state index contributed by atoms with van der Waals surface area (Å²) in [7, 11) is 0. The molecule has 1 aliphatic carbocycles. The SMILES string of the molecule is O=C(COc1ccc2c(-c3ccccc3)cc(=O)oc2c1)N1CC[C@@]2(O)CCCC[C@@H]2C1. The molecule has 2 atom stereocenters. The van der Waals surface area contributed by atoms with Crippen molar-refractivity contribution in [3.63, 3.8) is 0 Å². The molecule has 1 amide bonds. The van der Waals surface area contributed by atoms with Crippen LogP contribution in [0.1, 0.15) is 32.1 Å². The molecule has 2 aliphatic rings. The molecule has 2 fully saturated rings. The van der Waals surface area contributed by atoms with Gasteiger partial charge in [0.2, 0.25) is 0 Å². The third kappa shape index (κ3) is 4.02. The van der Waals surface area contributed by atoms with E-state index in [1.165, 1.54) is 6.07 Å². The lowest BCUT2D eigenvalue weighted by molar-refractivity contribution is -0.145. The number of hydrogen-bond acceptors (Lipinski definition) is 5. The minimum atomic E-state index is -0.609. The minimum Gasteiger partial charge on any atom is -0.484 e. The van der Waals surface area contributed by atoms with Crippen molar-refractivity contribution in [2.45, 2.75) is 37.7 Å². The van der Waals surface area contributed by atoms with E-state index in [0.717, 1.165) is 42.2 Å². The van der Waals surface area contributed by atoms with E-state index in [0.29, 0.717) is 30.8 Å². The van der Waals surface area contributed by atoms with Gasteiger partial charge in [0.1, 0.15) is 11.3 Å². The maximum absolute atomic E-state index is 12.8. The average Bonchev–Trinajstić information content (AvgIpc) is 2.81. The Balaban J connectivity index is 1.30. The van der Waals surface area contributed by atoms with Gasteiger partial charge in [-0.05, 0) is 42.5 Å². The molecule has 2 heterocycles. The Labute approximate surface area is 186 Å². The van der Waals surface area contributed by atoms with Crippen molar-refractivity contribution in [3.05, 3.63) is 65.0 Å². The first kappa shape index (κ1) is 20.8. The van der Waals surface area contributed by atoms with Crippen LogP contribution in [0.3, 0.4) is 0 Å². The lowest BCUT2D eigenvalue weighted by Gasteiger charge is -2.47. The van der Waals surface area contributed by atoms with Gasteiger partial charge in [-0.15, -0.1) is 0 Å². The molecule has 6 heteroatoms. The summed E-state index contributed by atoms with van der Waals surface area (Å²) in [4.78, 5) is 26.7. The van der Waals surface area contributed by atoms with Gasteiger partial charge in [-0.2, -0.15) is 0 Å². The Kier molecular flexibility index (Phi) is 5.47. The average molecular weight is 434 g/mol. The molecule has 0 bridgehead atoms. The Bertz CT molecular complexity index is 1190. The van der Waals surface area contributed by atoms with Crippen LogP contribution in [-0.4, -0.2) is 41.2 Å². The molecule has 1 saturated heterocycles. The van der Waals surface area contributed by atoms with E-state index >= 15 is 0 Å². The zero-order valence-electron chi connectivity index (χ0n) is 18.0. The smallest absolute Gasteiger partial charge is 0.336 e. The molecule has 1 aromatic heterocycles. The van der Waals surface area contributed by atoms with Crippen molar-refractivity contribution >= 4 is 16.9 Å². The molecule has 1 saturated carbocycles. The first-order chi connectivity index (χ1) is 15.5. The van der Waals surface area contributed by atoms with E-state index in [9.17, 15) is 14.7 Å². The summed E-state index contributed by atoms with van der Waals surface area (Å²) in [5.41, 5.74) is 1.11. The Morgan fingerprint density at radius 3 is 2.81 bits per heavy atom. The highest BCUT2D eigenvalue weighted by Crippen LogP contribution is 2.39. The van der Waals surface area contributed by atoms with E-state index < -0.39 is 11.2 Å². The summed E-state index contributed by atoms with van der Waals surface area (Å²) < 4.78 is 11.2. The van der Waals surface area contributed by atoms with Crippen molar-refractivity contribution in [1.82, 2.24) is 4.90 Å². The molecule has 3 aromatic rings. The molecular formula is C26H27NO5. The van der Waals surface area contributed by atoms with Crippen LogP contribution in [-0.2, 0) is 4.79 Å². The molecule has 6 nitrogen and oxygen atoms in total. The van der Waals surface area contributed by atoms with Crippen LogP contribution in [0, 0.1) is 5.92 Å². The normalized spacial score (nSPS) is 23.0. The Morgan fingerprint density at radius 1 is 1.12 bits per heavy atom. The van der Waals surface area contributed by atoms with Crippen LogP contribution in [0.25, 0.3) is 22.1 Å². The second kappa shape index (κ2) is 8.43. The van der Waals surface area contributed by atoms with Gasteiger partial charge < -0.3 is 19.2 Å². The Hall–Kier alpha value is -3.12. The number of rotatable bonds is 4. The van der Waals surface area contributed by atoms with E-state index in [-0.39, 0.29) is 18.4 Å². The second-order valence-corrected chi connectivity index (χ2v) is 8.93. The Morgan fingerprint density at radius 2 is 1.97 bits per heavy atom. The number of piperidine rings is 1. The fraction of sp³-hybridized carbons (Fsp3) is 0.385. The molecule has 32 heavy (non-hydrogen) atoms. The van der Waals surface area contributed by atoms with Crippen LogP contribution < -0.4 is 10.4 Å². The second-order valence-electron chi connectivity index (χ2n) is 8.93. The fourth-order valence-corrected chi connectivity index (χ4v) is 5.12. The predicted octanol–water partition coefficient (Wildman–Crippen LogP) is 3.99. The number of aliphatic hydroxyl groups is 1. The highest BCUT2D eigenvalue weighted by atomic mass is 16.5. The third-order valence-corrected chi connectivity index (χ3v) is 6.94. The van der Waals surface area contributed by atoms with Gasteiger partial charge in [0.15, 0.2) is 6.61 Å². The molecule has 166 valence electrons. The fourth-order valence-electron chi connectivity index (χ4n) is 5.12.